The van der Waals surface area contributed by atoms with Crippen LogP contribution in [0.15, 0.2) is 60.7 Å². The molecule has 116 valence electrons. The second kappa shape index (κ2) is 7.54. The third kappa shape index (κ3) is 4.17. The summed E-state index contributed by atoms with van der Waals surface area (Å²) in [6, 6.07) is 21.0. The van der Waals surface area contributed by atoms with E-state index < -0.39 is 0 Å². The molecular formula is C19H24N2O. The lowest BCUT2D eigenvalue weighted by atomic mass is 10.0. The number of benzene rings is 2. The maximum Gasteiger partial charge on any atom is 0.0718 e. The van der Waals surface area contributed by atoms with Crippen LogP contribution < -0.4 is 5.32 Å². The summed E-state index contributed by atoms with van der Waals surface area (Å²) in [4.78, 5) is 2.42. The molecule has 3 nitrogen and oxygen atoms in total. The topological polar surface area (TPSA) is 35.5 Å². The number of aliphatic hydroxyl groups is 1. The predicted molar refractivity (Wildman–Crippen MR) is 89.4 cm³/mol. The zero-order chi connectivity index (χ0) is 15.2. The van der Waals surface area contributed by atoms with Crippen LogP contribution in [0.1, 0.15) is 17.5 Å². The van der Waals surface area contributed by atoms with Gasteiger partial charge in [0.2, 0.25) is 0 Å². The van der Waals surface area contributed by atoms with Gasteiger partial charge in [-0.05, 0) is 17.5 Å². The minimum Gasteiger partial charge on any atom is -0.391 e. The lowest BCUT2D eigenvalue weighted by Crippen LogP contribution is -2.53. The third-order valence-electron chi connectivity index (χ3n) is 4.32. The van der Waals surface area contributed by atoms with E-state index in [1.165, 1.54) is 11.1 Å². The summed E-state index contributed by atoms with van der Waals surface area (Å²) in [5, 5.41) is 13.8. The van der Waals surface area contributed by atoms with Crippen LogP contribution in [0, 0.1) is 0 Å². The Bertz CT molecular complexity index is 558. The predicted octanol–water partition coefficient (Wildman–Crippen LogP) is 2.41. The molecule has 2 N–H and O–H groups in total. The fourth-order valence-electron chi connectivity index (χ4n) is 3.04. The van der Waals surface area contributed by atoms with E-state index >= 15 is 0 Å². The van der Waals surface area contributed by atoms with Crippen molar-refractivity contribution in [2.24, 2.45) is 0 Å². The molecular weight excluding hydrogens is 272 g/mol. The van der Waals surface area contributed by atoms with Crippen molar-refractivity contribution in [3.8, 4) is 0 Å². The number of hydrogen-bond donors (Lipinski definition) is 2. The van der Waals surface area contributed by atoms with Crippen LogP contribution >= 0.6 is 0 Å². The molecule has 1 aliphatic heterocycles. The average molecular weight is 296 g/mol. The van der Waals surface area contributed by atoms with E-state index in [9.17, 15) is 5.11 Å². The van der Waals surface area contributed by atoms with Crippen molar-refractivity contribution >= 4 is 0 Å². The van der Waals surface area contributed by atoms with Crippen molar-refractivity contribution in [3.63, 3.8) is 0 Å². The lowest BCUT2D eigenvalue weighted by molar-refractivity contribution is 0.0438. The van der Waals surface area contributed by atoms with E-state index in [0.29, 0.717) is 0 Å². The van der Waals surface area contributed by atoms with Crippen molar-refractivity contribution in [1.82, 2.24) is 10.2 Å². The van der Waals surface area contributed by atoms with Crippen LogP contribution in [0.2, 0.25) is 0 Å². The molecule has 2 aromatic rings. The minimum absolute atomic E-state index is 0.137. The highest BCUT2D eigenvalue weighted by atomic mass is 16.3. The van der Waals surface area contributed by atoms with Gasteiger partial charge < -0.3 is 10.4 Å². The highest BCUT2D eigenvalue weighted by Gasteiger charge is 2.27. The van der Waals surface area contributed by atoms with Crippen molar-refractivity contribution in [3.05, 3.63) is 71.8 Å². The molecule has 0 bridgehead atoms. The standard InChI is InChI=1S/C19H24N2O/c22-19-11-12-21(14-17-9-5-2-6-10-17)15-18(19)20-13-16-7-3-1-4-8-16/h1-10,18-20,22H,11-15H2. The van der Waals surface area contributed by atoms with Gasteiger partial charge in [0.15, 0.2) is 0 Å². The van der Waals surface area contributed by atoms with Crippen LogP contribution in [0.3, 0.4) is 0 Å². The SMILES string of the molecule is OC1CCN(Cc2ccccc2)CC1NCc1ccccc1. The van der Waals surface area contributed by atoms with Gasteiger partial charge in [0.25, 0.3) is 0 Å². The lowest BCUT2D eigenvalue weighted by Gasteiger charge is -2.36. The Hall–Kier alpha value is -1.68. The quantitative estimate of drug-likeness (QED) is 0.889. The molecule has 3 rings (SSSR count). The monoisotopic (exact) mass is 296 g/mol. The van der Waals surface area contributed by atoms with Gasteiger partial charge in [-0.3, -0.25) is 4.90 Å². The molecule has 0 spiro atoms. The van der Waals surface area contributed by atoms with Gasteiger partial charge in [-0.1, -0.05) is 60.7 Å². The number of piperidine rings is 1. The van der Waals surface area contributed by atoms with Gasteiger partial charge in [-0.2, -0.15) is 0 Å². The maximum absolute atomic E-state index is 10.2. The summed E-state index contributed by atoms with van der Waals surface area (Å²) in [7, 11) is 0. The Morgan fingerprint density at radius 1 is 0.955 bits per heavy atom. The van der Waals surface area contributed by atoms with Crippen LogP contribution in [-0.2, 0) is 13.1 Å². The van der Waals surface area contributed by atoms with E-state index in [2.05, 4.69) is 58.7 Å². The molecule has 3 heteroatoms. The minimum atomic E-state index is -0.254. The van der Waals surface area contributed by atoms with E-state index in [1.54, 1.807) is 0 Å². The highest BCUT2D eigenvalue weighted by molar-refractivity contribution is 5.15. The molecule has 0 amide bonds. The maximum atomic E-state index is 10.2. The Balaban J connectivity index is 1.54. The second-order valence-electron chi connectivity index (χ2n) is 6.05. The van der Waals surface area contributed by atoms with Gasteiger partial charge in [0, 0.05) is 32.2 Å². The van der Waals surface area contributed by atoms with Crippen LogP contribution in [0.5, 0.6) is 0 Å². The first-order valence-electron chi connectivity index (χ1n) is 8.03. The molecule has 22 heavy (non-hydrogen) atoms. The Morgan fingerprint density at radius 3 is 2.27 bits per heavy atom. The number of nitrogens with zero attached hydrogens (tertiary/aromatic N) is 1. The van der Waals surface area contributed by atoms with E-state index in [0.717, 1.165) is 32.6 Å². The van der Waals surface area contributed by atoms with E-state index in [-0.39, 0.29) is 12.1 Å². The number of likely N-dealkylation sites (tertiary alicyclic amines) is 1. The Labute approximate surface area is 132 Å². The second-order valence-corrected chi connectivity index (χ2v) is 6.05. The van der Waals surface area contributed by atoms with Gasteiger partial charge in [-0.25, -0.2) is 0 Å². The van der Waals surface area contributed by atoms with Crippen LogP contribution in [0.25, 0.3) is 0 Å². The van der Waals surface area contributed by atoms with Crippen LogP contribution in [0.4, 0.5) is 0 Å². The average Bonchev–Trinajstić information content (AvgIpc) is 2.57. The third-order valence-corrected chi connectivity index (χ3v) is 4.32. The number of aliphatic hydroxyl groups excluding tert-OH is 1. The molecule has 1 heterocycles. The molecule has 0 radical (unpaired) electrons. The summed E-state index contributed by atoms with van der Waals surface area (Å²) < 4.78 is 0. The number of hydrogen-bond acceptors (Lipinski definition) is 3. The zero-order valence-electron chi connectivity index (χ0n) is 12.9. The summed E-state index contributed by atoms with van der Waals surface area (Å²) >= 11 is 0. The van der Waals surface area contributed by atoms with Crippen molar-refractivity contribution in [1.29, 1.82) is 0 Å². The molecule has 0 aliphatic carbocycles. The van der Waals surface area contributed by atoms with Gasteiger partial charge in [0.05, 0.1) is 6.10 Å². The molecule has 0 aromatic heterocycles. The molecule has 1 aliphatic rings. The zero-order valence-corrected chi connectivity index (χ0v) is 12.9. The number of nitrogens with one attached hydrogen (secondary N) is 1. The van der Waals surface area contributed by atoms with Gasteiger partial charge >= 0.3 is 0 Å². The molecule has 0 saturated carbocycles. The molecule has 2 atom stereocenters. The first-order valence-corrected chi connectivity index (χ1v) is 8.03. The Kier molecular flexibility index (Phi) is 5.22. The first-order chi connectivity index (χ1) is 10.8. The smallest absolute Gasteiger partial charge is 0.0718 e. The molecule has 2 aromatic carbocycles. The summed E-state index contributed by atoms with van der Waals surface area (Å²) in [6.07, 6.45) is 0.579. The van der Waals surface area contributed by atoms with Crippen molar-refractivity contribution < 1.29 is 5.11 Å². The Morgan fingerprint density at radius 2 is 1.59 bits per heavy atom. The van der Waals surface area contributed by atoms with Crippen LogP contribution in [-0.4, -0.2) is 35.2 Å². The molecule has 1 fully saturated rings. The molecule has 1 saturated heterocycles. The fraction of sp³-hybridized carbons (Fsp3) is 0.368. The van der Waals surface area contributed by atoms with Crippen molar-refractivity contribution in [2.75, 3.05) is 13.1 Å². The van der Waals surface area contributed by atoms with Gasteiger partial charge in [-0.15, -0.1) is 0 Å². The normalized spacial score (nSPS) is 22.6. The summed E-state index contributed by atoms with van der Waals surface area (Å²) in [5.74, 6) is 0. The van der Waals surface area contributed by atoms with Gasteiger partial charge in [0.1, 0.15) is 0 Å². The highest BCUT2D eigenvalue weighted by Crippen LogP contribution is 2.15. The summed E-state index contributed by atoms with van der Waals surface area (Å²) in [5.41, 5.74) is 2.59. The first kappa shape index (κ1) is 15.2. The van der Waals surface area contributed by atoms with Crippen molar-refractivity contribution in [2.45, 2.75) is 31.7 Å². The largest absolute Gasteiger partial charge is 0.391 e. The fourth-order valence-corrected chi connectivity index (χ4v) is 3.04. The number of rotatable bonds is 5. The molecule has 2 unspecified atom stereocenters. The van der Waals surface area contributed by atoms with E-state index in [1.807, 2.05) is 12.1 Å². The summed E-state index contributed by atoms with van der Waals surface area (Å²) in [6.45, 7) is 3.61. The van der Waals surface area contributed by atoms with E-state index in [4.69, 9.17) is 0 Å².